The SMILES string of the molecule is C=C(CCCOCc1ccccc1)C(=O)OCC. The van der Waals surface area contributed by atoms with Gasteiger partial charge < -0.3 is 9.47 Å². The van der Waals surface area contributed by atoms with Crippen LogP contribution in [-0.2, 0) is 20.9 Å². The first-order valence-electron chi connectivity index (χ1n) is 6.20. The second-order valence-corrected chi connectivity index (χ2v) is 3.97. The first kappa shape index (κ1) is 14.5. The largest absolute Gasteiger partial charge is 0.463 e. The van der Waals surface area contributed by atoms with E-state index in [2.05, 4.69) is 6.58 Å². The van der Waals surface area contributed by atoms with Gasteiger partial charge in [0, 0.05) is 12.2 Å². The second-order valence-electron chi connectivity index (χ2n) is 3.97. The highest BCUT2D eigenvalue weighted by molar-refractivity contribution is 5.87. The van der Waals surface area contributed by atoms with Gasteiger partial charge in [-0.25, -0.2) is 4.79 Å². The van der Waals surface area contributed by atoms with Crippen LogP contribution < -0.4 is 0 Å². The lowest BCUT2D eigenvalue weighted by atomic mass is 10.2. The summed E-state index contributed by atoms with van der Waals surface area (Å²) in [6, 6.07) is 10.0. The van der Waals surface area contributed by atoms with Gasteiger partial charge in [-0.05, 0) is 25.3 Å². The van der Waals surface area contributed by atoms with Crippen molar-refractivity contribution < 1.29 is 14.3 Å². The van der Waals surface area contributed by atoms with Crippen LogP contribution >= 0.6 is 0 Å². The molecule has 0 aliphatic heterocycles. The Morgan fingerprint density at radius 3 is 2.67 bits per heavy atom. The monoisotopic (exact) mass is 248 g/mol. The van der Waals surface area contributed by atoms with Gasteiger partial charge >= 0.3 is 5.97 Å². The Hall–Kier alpha value is -1.61. The van der Waals surface area contributed by atoms with Crippen LogP contribution in [-0.4, -0.2) is 19.2 Å². The Kier molecular flexibility index (Phi) is 6.81. The lowest BCUT2D eigenvalue weighted by Gasteiger charge is -2.06. The molecule has 0 spiro atoms. The van der Waals surface area contributed by atoms with Gasteiger partial charge in [-0.15, -0.1) is 0 Å². The summed E-state index contributed by atoms with van der Waals surface area (Å²) in [5, 5.41) is 0. The molecule has 0 saturated heterocycles. The third kappa shape index (κ3) is 5.64. The van der Waals surface area contributed by atoms with Crippen LogP contribution in [0.2, 0.25) is 0 Å². The molecule has 0 heterocycles. The number of benzene rings is 1. The standard InChI is InChI=1S/C15H20O3/c1-3-18-15(16)13(2)8-7-11-17-12-14-9-5-4-6-10-14/h4-6,9-10H,2-3,7-8,11-12H2,1H3. The van der Waals surface area contributed by atoms with Gasteiger partial charge in [-0.1, -0.05) is 36.9 Å². The Morgan fingerprint density at radius 2 is 2.00 bits per heavy atom. The van der Waals surface area contributed by atoms with E-state index in [1.165, 1.54) is 0 Å². The van der Waals surface area contributed by atoms with Crippen molar-refractivity contribution in [2.45, 2.75) is 26.4 Å². The molecule has 18 heavy (non-hydrogen) atoms. The molecule has 0 atom stereocenters. The van der Waals surface area contributed by atoms with Gasteiger partial charge in [0.25, 0.3) is 0 Å². The summed E-state index contributed by atoms with van der Waals surface area (Å²) in [4.78, 5) is 11.3. The minimum Gasteiger partial charge on any atom is -0.463 e. The molecule has 1 aromatic rings. The number of carbonyl (C=O) groups is 1. The van der Waals surface area contributed by atoms with Crippen molar-refractivity contribution >= 4 is 5.97 Å². The molecule has 3 nitrogen and oxygen atoms in total. The third-order valence-corrected chi connectivity index (χ3v) is 2.44. The van der Waals surface area contributed by atoms with E-state index in [0.29, 0.717) is 31.8 Å². The van der Waals surface area contributed by atoms with Crippen LogP contribution in [0.3, 0.4) is 0 Å². The molecule has 98 valence electrons. The molecular formula is C15H20O3. The minimum atomic E-state index is -0.305. The molecule has 0 fully saturated rings. The summed E-state index contributed by atoms with van der Waals surface area (Å²) >= 11 is 0. The van der Waals surface area contributed by atoms with Crippen molar-refractivity contribution in [1.29, 1.82) is 0 Å². The Bertz CT molecular complexity index is 371. The highest BCUT2D eigenvalue weighted by atomic mass is 16.5. The van der Waals surface area contributed by atoms with Crippen LogP contribution in [0, 0.1) is 0 Å². The molecular weight excluding hydrogens is 228 g/mol. The van der Waals surface area contributed by atoms with E-state index >= 15 is 0 Å². The van der Waals surface area contributed by atoms with Crippen molar-refractivity contribution in [3.05, 3.63) is 48.0 Å². The first-order chi connectivity index (χ1) is 8.74. The molecule has 0 unspecified atom stereocenters. The Morgan fingerprint density at radius 1 is 1.28 bits per heavy atom. The van der Waals surface area contributed by atoms with Gasteiger partial charge in [0.15, 0.2) is 0 Å². The molecule has 0 saturated carbocycles. The molecule has 0 aliphatic rings. The smallest absolute Gasteiger partial charge is 0.333 e. The normalized spacial score (nSPS) is 10.1. The predicted octanol–water partition coefficient (Wildman–Crippen LogP) is 3.10. The van der Waals surface area contributed by atoms with Crippen molar-refractivity contribution in [2.24, 2.45) is 0 Å². The summed E-state index contributed by atoms with van der Waals surface area (Å²) in [5.74, 6) is -0.305. The van der Waals surface area contributed by atoms with Gasteiger partial charge in [-0.3, -0.25) is 0 Å². The fourth-order valence-corrected chi connectivity index (χ4v) is 1.49. The van der Waals surface area contributed by atoms with Crippen LogP contribution in [0.1, 0.15) is 25.3 Å². The first-order valence-corrected chi connectivity index (χ1v) is 6.20. The Balaban J connectivity index is 2.09. The Labute approximate surface area is 108 Å². The molecule has 0 amide bonds. The van der Waals surface area contributed by atoms with Crippen LogP contribution in [0.15, 0.2) is 42.5 Å². The number of rotatable bonds is 8. The molecule has 0 bridgehead atoms. The summed E-state index contributed by atoms with van der Waals surface area (Å²) in [5.41, 5.74) is 1.67. The average Bonchev–Trinajstić information content (AvgIpc) is 2.39. The quantitative estimate of drug-likeness (QED) is 0.403. The topological polar surface area (TPSA) is 35.5 Å². The van der Waals surface area contributed by atoms with Crippen LogP contribution in [0.4, 0.5) is 0 Å². The van der Waals surface area contributed by atoms with Gasteiger partial charge in [0.2, 0.25) is 0 Å². The fraction of sp³-hybridized carbons (Fsp3) is 0.400. The number of esters is 1. The molecule has 0 N–H and O–H groups in total. The summed E-state index contributed by atoms with van der Waals surface area (Å²) in [6.07, 6.45) is 1.40. The fourth-order valence-electron chi connectivity index (χ4n) is 1.49. The van der Waals surface area contributed by atoms with Gasteiger partial charge in [-0.2, -0.15) is 0 Å². The molecule has 0 aromatic heterocycles. The zero-order valence-corrected chi connectivity index (χ0v) is 10.9. The molecule has 0 aliphatic carbocycles. The average molecular weight is 248 g/mol. The van der Waals surface area contributed by atoms with Crippen LogP contribution in [0.5, 0.6) is 0 Å². The summed E-state index contributed by atoms with van der Waals surface area (Å²) in [6.45, 7) is 7.10. The number of hydrogen-bond donors (Lipinski definition) is 0. The summed E-state index contributed by atoms with van der Waals surface area (Å²) < 4.78 is 10.4. The highest BCUT2D eigenvalue weighted by Crippen LogP contribution is 2.06. The van der Waals surface area contributed by atoms with Crippen molar-refractivity contribution in [3.8, 4) is 0 Å². The highest BCUT2D eigenvalue weighted by Gasteiger charge is 2.06. The maximum absolute atomic E-state index is 11.3. The van der Waals surface area contributed by atoms with E-state index in [1.807, 2.05) is 30.3 Å². The van der Waals surface area contributed by atoms with Gasteiger partial charge in [0.1, 0.15) is 0 Å². The zero-order valence-electron chi connectivity index (χ0n) is 10.9. The molecule has 3 heteroatoms. The predicted molar refractivity (Wildman–Crippen MR) is 71.1 cm³/mol. The number of ether oxygens (including phenoxy) is 2. The lowest BCUT2D eigenvalue weighted by molar-refractivity contribution is -0.138. The van der Waals surface area contributed by atoms with Gasteiger partial charge in [0.05, 0.1) is 13.2 Å². The molecule has 1 aromatic carbocycles. The maximum Gasteiger partial charge on any atom is 0.333 e. The summed E-state index contributed by atoms with van der Waals surface area (Å²) in [7, 11) is 0. The zero-order chi connectivity index (χ0) is 13.2. The number of carbonyl (C=O) groups excluding carboxylic acids is 1. The van der Waals surface area contributed by atoms with E-state index in [4.69, 9.17) is 9.47 Å². The number of hydrogen-bond acceptors (Lipinski definition) is 3. The molecule has 1 rings (SSSR count). The lowest BCUT2D eigenvalue weighted by Crippen LogP contribution is -2.07. The van der Waals surface area contributed by atoms with E-state index in [-0.39, 0.29) is 5.97 Å². The van der Waals surface area contributed by atoms with E-state index in [0.717, 1.165) is 12.0 Å². The maximum atomic E-state index is 11.3. The van der Waals surface area contributed by atoms with E-state index in [9.17, 15) is 4.79 Å². The van der Waals surface area contributed by atoms with E-state index < -0.39 is 0 Å². The van der Waals surface area contributed by atoms with Crippen LogP contribution in [0.25, 0.3) is 0 Å². The van der Waals surface area contributed by atoms with E-state index in [1.54, 1.807) is 6.92 Å². The third-order valence-electron chi connectivity index (χ3n) is 2.44. The van der Waals surface area contributed by atoms with Crippen molar-refractivity contribution in [1.82, 2.24) is 0 Å². The minimum absolute atomic E-state index is 0.305. The van der Waals surface area contributed by atoms with Crippen molar-refractivity contribution in [2.75, 3.05) is 13.2 Å². The van der Waals surface area contributed by atoms with Crippen molar-refractivity contribution in [3.63, 3.8) is 0 Å². The second kappa shape index (κ2) is 8.48. The molecule has 0 radical (unpaired) electrons.